The topological polar surface area (TPSA) is 64.5 Å². The van der Waals surface area contributed by atoms with Crippen molar-refractivity contribution in [1.82, 2.24) is 19.7 Å². The number of hydrogen-bond acceptors (Lipinski definition) is 6. The lowest BCUT2D eigenvalue weighted by molar-refractivity contribution is 0.187. The lowest BCUT2D eigenvalue weighted by Gasteiger charge is -2.26. The van der Waals surface area contributed by atoms with E-state index < -0.39 is 0 Å². The van der Waals surface area contributed by atoms with Crippen LogP contribution in [0.15, 0.2) is 42.5 Å². The molecule has 2 heterocycles. The molecule has 1 N–H and O–H groups in total. The van der Waals surface area contributed by atoms with Crippen LogP contribution in [0.2, 0.25) is 0 Å². The van der Waals surface area contributed by atoms with E-state index in [1.165, 1.54) is 0 Å². The van der Waals surface area contributed by atoms with Crippen LogP contribution >= 0.6 is 12.2 Å². The van der Waals surface area contributed by atoms with Gasteiger partial charge in [-0.15, -0.1) is 0 Å². The van der Waals surface area contributed by atoms with Crippen molar-refractivity contribution in [2.75, 3.05) is 27.9 Å². The van der Waals surface area contributed by atoms with Crippen molar-refractivity contribution in [2.45, 2.75) is 25.6 Å². The summed E-state index contributed by atoms with van der Waals surface area (Å²) in [4.78, 5) is 6.94. The first-order valence-electron chi connectivity index (χ1n) is 9.90. The predicted molar refractivity (Wildman–Crippen MR) is 118 cm³/mol. The maximum atomic E-state index is 5.62. The Balaban J connectivity index is 1.58. The van der Waals surface area contributed by atoms with Crippen LogP contribution in [-0.2, 0) is 6.67 Å². The van der Waals surface area contributed by atoms with E-state index in [1.54, 1.807) is 21.3 Å². The van der Waals surface area contributed by atoms with Crippen LogP contribution in [0.1, 0.15) is 24.4 Å². The van der Waals surface area contributed by atoms with Gasteiger partial charge in [-0.25, -0.2) is 4.68 Å². The Morgan fingerprint density at radius 1 is 1.03 bits per heavy atom. The predicted octanol–water partition coefficient (Wildman–Crippen LogP) is 4.43. The van der Waals surface area contributed by atoms with Gasteiger partial charge in [-0.3, -0.25) is 10.00 Å². The number of likely N-dealkylation sites (tertiary alicyclic amines) is 1. The van der Waals surface area contributed by atoms with Crippen LogP contribution in [0.4, 0.5) is 0 Å². The first-order chi connectivity index (χ1) is 14.6. The summed E-state index contributed by atoms with van der Waals surface area (Å²) in [5.74, 6) is 3.26. The van der Waals surface area contributed by atoms with E-state index in [1.807, 2.05) is 41.1 Å². The molecule has 0 amide bonds. The lowest BCUT2D eigenvalue weighted by atomic mass is 10.0. The Kier molecular flexibility index (Phi) is 6.06. The third-order valence-electron chi connectivity index (χ3n) is 5.53. The molecular weight excluding hydrogens is 400 g/mol. The van der Waals surface area contributed by atoms with Gasteiger partial charge in [-0.1, -0.05) is 0 Å². The Hall–Kier alpha value is -2.84. The molecule has 0 aliphatic carbocycles. The number of nitrogens with zero attached hydrogens (tertiary/aromatic N) is 3. The van der Waals surface area contributed by atoms with Gasteiger partial charge in [0, 0.05) is 23.7 Å². The fraction of sp³-hybridized carbons (Fsp3) is 0.364. The average Bonchev–Trinajstić information content (AvgIpc) is 3.40. The van der Waals surface area contributed by atoms with E-state index in [2.05, 4.69) is 21.0 Å². The Bertz CT molecular complexity index is 1060. The molecule has 1 aliphatic rings. The smallest absolute Gasteiger partial charge is 0.217 e. The summed E-state index contributed by atoms with van der Waals surface area (Å²) in [5, 5.41) is 3.35. The minimum absolute atomic E-state index is 0.227. The van der Waals surface area contributed by atoms with E-state index in [-0.39, 0.29) is 6.04 Å². The number of rotatable bonds is 7. The molecule has 4 rings (SSSR count). The summed E-state index contributed by atoms with van der Waals surface area (Å²) >= 11 is 5.52. The summed E-state index contributed by atoms with van der Waals surface area (Å²) in [6, 6.07) is 13.9. The standard InChI is InChI=1S/C22H26N4O3S/c1-27-16-8-6-15(7-9-16)21-23-22(30)26(24-21)14-25-12-4-5-19(25)18-13-17(28-2)10-11-20(18)29-3/h6-11,13,19H,4-5,12,14H2,1-3H3,(H,23,24,30)/t19-/m1/s1. The molecule has 0 radical (unpaired) electrons. The molecule has 0 unspecified atom stereocenters. The highest BCUT2D eigenvalue weighted by molar-refractivity contribution is 7.71. The monoisotopic (exact) mass is 426 g/mol. The summed E-state index contributed by atoms with van der Waals surface area (Å²) in [7, 11) is 5.04. The van der Waals surface area contributed by atoms with E-state index in [9.17, 15) is 0 Å². The number of ether oxygens (including phenoxy) is 3. The lowest BCUT2D eigenvalue weighted by Crippen LogP contribution is -2.27. The molecule has 1 atom stereocenters. The minimum atomic E-state index is 0.227. The highest BCUT2D eigenvalue weighted by Gasteiger charge is 2.29. The number of hydrogen-bond donors (Lipinski definition) is 1. The van der Waals surface area contributed by atoms with Crippen LogP contribution in [0.25, 0.3) is 11.4 Å². The van der Waals surface area contributed by atoms with Crippen LogP contribution in [0, 0.1) is 4.77 Å². The quantitative estimate of drug-likeness (QED) is 0.564. The molecule has 1 fully saturated rings. The molecular formula is C22H26N4O3S. The number of benzene rings is 2. The number of methoxy groups -OCH3 is 3. The third kappa shape index (κ3) is 4.06. The van der Waals surface area contributed by atoms with E-state index in [0.717, 1.165) is 53.6 Å². The van der Waals surface area contributed by atoms with Gasteiger partial charge in [0.15, 0.2) is 5.82 Å². The van der Waals surface area contributed by atoms with Gasteiger partial charge in [0.25, 0.3) is 0 Å². The average molecular weight is 427 g/mol. The van der Waals surface area contributed by atoms with E-state index >= 15 is 0 Å². The van der Waals surface area contributed by atoms with Crippen molar-refractivity contribution in [3.8, 4) is 28.6 Å². The number of nitrogens with one attached hydrogen (secondary N) is 1. The number of aromatic nitrogens is 3. The molecule has 7 nitrogen and oxygen atoms in total. The van der Waals surface area contributed by atoms with Crippen LogP contribution in [0.5, 0.6) is 17.2 Å². The van der Waals surface area contributed by atoms with Gasteiger partial charge >= 0.3 is 0 Å². The zero-order valence-electron chi connectivity index (χ0n) is 17.4. The molecule has 158 valence electrons. The molecule has 1 saturated heterocycles. The molecule has 3 aromatic rings. The molecule has 0 bridgehead atoms. The van der Waals surface area contributed by atoms with Gasteiger partial charge in [-0.2, -0.15) is 4.98 Å². The number of aromatic amines is 1. The normalized spacial score (nSPS) is 16.6. The van der Waals surface area contributed by atoms with Crippen LogP contribution in [0.3, 0.4) is 0 Å². The Morgan fingerprint density at radius 3 is 2.47 bits per heavy atom. The van der Waals surface area contributed by atoms with Gasteiger partial charge in [-0.05, 0) is 67.5 Å². The summed E-state index contributed by atoms with van der Waals surface area (Å²) in [6.45, 7) is 1.61. The Morgan fingerprint density at radius 2 is 1.77 bits per heavy atom. The summed E-state index contributed by atoms with van der Waals surface area (Å²) < 4.78 is 18.7. The molecule has 1 aromatic heterocycles. The van der Waals surface area contributed by atoms with Crippen molar-refractivity contribution in [3.05, 3.63) is 52.8 Å². The van der Waals surface area contributed by atoms with Crippen molar-refractivity contribution in [3.63, 3.8) is 0 Å². The molecule has 2 aromatic carbocycles. The maximum absolute atomic E-state index is 5.62. The maximum Gasteiger partial charge on any atom is 0.217 e. The number of H-pyrrole nitrogens is 1. The highest BCUT2D eigenvalue weighted by Crippen LogP contribution is 2.39. The first-order valence-corrected chi connectivity index (χ1v) is 10.3. The second kappa shape index (κ2) is 8.89. The molecule has 1 aliphatic heterocycles. The van der Waals surface area contributed by atoms with Crippen molar-refractivity contribution >= 4 is 12.2 Å². The summed E-state index contributed by atoms with van der Waals surface area (Å²) in [5.41, 5.74) is 2.10. The van der Waals surface area contributed by atoms with Gasteiger partial charge in [0.2, 0.25) is 4.77 Å². The van der Waals surface area contributed by atoms with E-state index in [0.29, 0.717) is 11.4 Å². The van der Waals surface area contributed by atoms with E-state index in [4.69, 9.17) is 26.4 Å². The van der Waals surface area contributed by atoms with Crippen molar-refractivity contribution in [2.24, 2.45) is 0 Å². The first kappa shape index (κ1) is 20.4. The second-order valence-electron chi connectivity index (χ2n) is 7.23. The van der Waals surface area contributed by atoms with Gasteiger partial charge in [0.1, 0.15) is 17.2 Å². The van der Waals surface area contributed by atoms with Gasteiger partial charge < -0.3 is 14.2 Å². The fourth-order valence-corrected chi connectivity index (χ4v) is 4.15. The zero-order valence-corrected chi connectivity index (χ0v) is 18.2. The Labute approximate surface area is 181 Å². The molecule has 30 heavy (non-hydrogen) atoms. The molecule has 8 heteroatoms. The van der Waals surface area contributed by atoms with Crippen LogP contribution < -0.4 is 14.2 Å². The fourth-order valence-electron chi connectivity index (χ4n) is 3.96. The highest BCUT2D eigenvalue weighted by atomic mass is 32.1. The van der Waals surface area contributed by atoms with Gasteiger partial charge in [0.05, 0.1) is 28.0 Å². The zero-order chi connectivity index (χ0) is 21.1. The third-order valence-corrected chi connectivity index (χ3v) is 5.84. The molecule has 0 saturated carbocycles. The largest absolute Gasteiger partial charge is 0.497 e. The minimum Gasteiger partial charge on any atom is -0.497 e. The second-order valence-corrected chi connectivity index (χ2v) is 7.60. The van der Waals surface area contributed by atoms with Crippen molar-refractivity contribution in [1.29, 1.82) is 0 Å². The van der Waals surface area contributed by atoms with Crippen LogP contribution in [-0.4, -0.2) is 47.5 Å². The summed E-state index contributed by atoms with van der Waals surface area (Å²) in [6.07, 6.45) is 2.16. The van der Waals surface area contributed by atoms with Crippen molar-refractivity contribution < 1.29 is 14.2 Å². The molecule has 0 spiro atoms. The SMILES string of the molecule is COc1ccc(-c2nc(=S)n(CN3CCC[C@@H]3c3cc(OC)ccc3OC)[nH]2)cc1.